The fraction of sp³-hybridized carbons (Fsp3) is 0.750. The molecule has 0 aromatic rings. The van der Waals surface area contributed by atoms with Crippen molar-refractivity contribution in [2.24, 2.45) is 11.8 Å². The minimum Gasteiger partial charge on any atom is -0.453 e. The number of allylic oxidation sites excluding steroid dienone is 1. The Balaban J connectivity index is 1.93. The van der Waals surface area contributed by atoms with E-state index in [1.165, 1.54) is 0 Å². The number of carbonyl (C=O) groups excluding carboxylic acids is 2. The minimum absolute atomic E-state index is 0.112. The second-order valence-electron chi connectivity index (χ2n) is 7.44. The average molecular weight is 305 g/mol. The molecule has 0 unspecified atom stereocenters. The highest BCUT2D eigenvalue weighted by Crippen LogP contribution is 2.53. The van der Waals surface area contributed by atoms with Crippen molar-refractivity contribution < 1.29 is 19.4 Å². The molecule has 1 aliphatic carbocycles. The van der Waals surface area contributed by atoms with Gasteiger partial charge >= 0.3 is 5.97 Å². The monoisotopic (exact) mass is 305 g/mol. The number of carbonyl (C=O) groups is 2. The number of amides is 1. The summed E-state index contributed by atoms with van der Waals surface area (Å²) in [6.07, 6.45) is 6.53. The highest BCUT2D eigenvalue weighted by Gasteiger charge is 2.79. The summed E-state index contributed by atoms with van der Waals surface area (Å²) in [6, 6.07) is 0. The first kappa shape index (κ1) is 15.6. The molecule has 2 aliphatic heterocycles. The number of aliphatic hydroxyl groups excluding tert-OH is 1. The van der Waals surface area contributed by atoms with Crippen molar-refractivity contribution in [3.8, 4) is 0 Å². The Morgan fingerprint density at radius 3 is 2.77 bits per heavy atom. The molecule has 0 aromatic heterocycles. The van der Waals surface area contributed by atoms with Crippen molar-refractivity contribution >= 4 is 18.6 Å². The molecule has 5 nitrogen and oxygen atoms in total. The van der Waals surface area contributed by atoms with Crippen LogP contribution in [0.15, 0.2) is 12.2 Å². The molecule has 6 heteroatoms. The maximum absolute atomic E-state index is 12.4. The summed E-state index contributed by atoms with van der Waals surface area (Å²) >= 11 is 0. The molecule has 0 saturated carbocycles. The SMILES string of the molecule is CB(C)C[C@H]1C(=O)N[C@@]2([C@@H](O)[C@@H]3C=CCCC3)C(=O)O[C@@]12C. The van der Waals surface area contributed by atoms with E-state index in [1.807, 2.05) is 25.8 Å². The van der Waals surface area contributed by atoms with Crippen molar-refractivity contribution in [2.75, 3.05) is 0 Å². The van der Waals surface area contributed by atoms with Crippen LogP contribution in [0.5, 0.6) is 0 Å². The van der Waals surface area contributed by atoms with E-state index in [0.717, 1.165) is 19.3 Å². The van der Waals surface area contributed by atoms with Gasteiger partial charge in [0.1, 0.15) is 6.71 Å². The lowest BCUT2D eigenvalue weighted by Gasteiger charge is -2.54. The molecule has 0 bridgehead atoms. The zero-order valence-electron chi connectivity index (χ0n) is 13.5. The van der Waals surface area contributed by atoms with E-state index in [2.05, 4.69) is 5.32 Å². The summed E-state index contributed by atoms with van der Waals surface area (Å²) in [5, 5.41) is 13.7. The lowest BCUT2D eigenvalue weighted by Crippen LogP contribution is -2.80. The maximum Gasteiger partial charge on any atom is 0.339 e. The number of fused-ring (bicyclic) bond motifs is 1. The van der Waals surface area contributed by atoms with Gasteiger partial charge in [-0.3, -0.25) is 4.79 Å². The van der Waals surface area contributed by atoms with Crippen LogP contribution in [0.4, 0.5) is 0 Å². The van der Waals surface area contributed by atoms with Gasteiger partial charge in [-0.25, -0.2) is 4.79 Å². The molecule has 0 spiro atoms. The fourth-order valence-electron chi connectivity index (χ4n) is 4.28. The third kappa shape index (κ3) is 1.89. The van der Waals surface area contributed by atoms with Crippen molar-refractivity contribution in [2.45, 2.75) is 63.4 Å². The highest BCUT2D eigenvalue weighted by atomic mass is 16.6. The summed E-state index contributed by atoms with van der Waals surface area (Å²) in [4.78, 5) is 24.7. The Labute approximate surface area is 131 Å². The Morgan fingerprint density at radius 2 is 2.23 bits per heavy atom. The first-order valence-corrected chi connectivity index (χ1v) is 8.23. The van der Waals surface area contributed by atoms with E-state index >= 15 is 0 Å². The Bertz CT molecular complexity index is 534. The van der Waals surface area contributed by atoms with Crippen LogP contribution in [-0.4, -0.2) is 40.9 Å². The van der Waals surface area contributed by atoms with Gasteiger partial charge in [-0.1, -0.05) is 32.1 Å². The van der Waals surface area contributed by atoms with E-state index in [9.17, 15) is 14.7 Å². The van der Waals surface area contributed by atoms with Gasteiger partial charge in [-0.15, -0.1) is 0 Å². The maximum atomic E-state index is 12.4. The van der Waals surface area contributed by atoms with Crippen molar-refractivity contribution in [1.29, 1.82) is 0 Å². The summed E-state index contributed by atoms with van der Waals surface area (Å²) in [5.41, 5.74) is -2.23. The number of hydrogen-bond acceptors (Lipinski definition) is 4. The molecule has 5 atom stereocenters. The van der Waals surface area contributed by atoms with Crippen LogP contribution >= 0.6 is 0 Å². The number of esters is 1. The second kappa shape index (κ2) is 5.12. The van der Waals surface area contributed by atoms with Crippen LogP contribution in [0.2, 0.25) is 20.0 Å². The molecule has 2 heterocycles. The molecule has 2 saturated heterocycles. The molecular weight excluding hydrogens is 281 g/mol. The number of aliphatic hydroxyl groups is 1. The van der Waals surface area contributed by atoms with Gasteiger partial charge in [0.2, 0.25) is 11.4 Å². The fourth-order valence-corrected chi connectivity index (χ4v) is 4.28. The van der Waals surface area contributed by atoms with Crippen molar-refractivity contribution in [3.05, 3.63) is 12.2 Å². The molecule has 2 N–H and O–H groups in total. The Hall–Kier alpha value is -1.30. The predicted molar refractivity (Wildman–Crippen MR) is 83.6 cm³/mol. The molecule has 3 aliphatic rings. The zero-order chi connectivity index (χ0) is 16.1. The molecule has 22 heavy (non-hydrogen) atoms. The van der Waals surface area contributed by atoms with Gasteiger partial charge in [0.05, 0.1) is 12.0 Å². The lowest BCUT2D eigenvalue weighted by molar-refractivity contribution is -0.237. The number of nitrogens with one attached hydrogen (secondary N) is 1. The van der Waals surface area contributed by atoms with Gasteiger partial charge in [0.15, 0.2) is 5.60 Å². The standard InChI is InChI=1S/C16H24BNO4/c1-15-11(9-17(2)3)13(20)18-16(15,14(21)22-15)12(19)10-7-5-4-6-8-10/h5,7,10-12,19H,4,6,8-9H2,1-3H3,(H,18,20)/t10-,11+,12+,15+,16+/m1/s1. The van der Waals surface area contributed by atoms with E-state index in [0.29, 0.717) is 13.0 Å². The summed E-state index contributed by atoms with van der Waals surface area (Å²) in [6.45, 7) is 6.18. The number of rotatable bonds is 4. The smallest absolute Gasteiger partial charge is 0.339 e. The van der Waals surface area contributed by atoms with Gasteiger partial charge in [-0.2, -0.15) is 0 Å². The predicted octanol–water partition coefficient (Wildman–Crippen LogP) is 1.26. The highest BCUT2D eigenvalue weighted by molar-refractivity contribution is 6.56. The molecule has 120 valence electrons. The van der Waals surface area contributed by atoms with Gasteiger partial charge in [-0.05, 0) is 26.2 Å². The normalized spacial score (nSPS) is 41.3. The minimum atomic E-state index is -1.28. The topological polar surface area (TPSA) is 75.6 Å². The van der Waals surface area contributed by atoms with Crippen LogP contribution in [0.25, 0.3) is 0 Å². The van der Waals surface area contributed by atoms with Crippen LogP contribution in [0, 0.1) is 11.8 Å². The first-order valence-electron chi connectivity index (χ1n) is 8.23. The van der Waals surface area contributed by atoms with Crippen molar-refractivity contribution in [3.63, 3.8) is 0 Å². The zero-order valence-corrected chi connectivity index (χ0v) is 13.5. The first-order chi connectivity index (χ1) is 10.3. The molecule has 2 fully saturated rings. The quantitative estimate of drug-likeness (QED) is 0.466. The molecular formula is C16H24BNO4. The second-order valence-corrected chi connectivity index (χ2v) is 7.44. The summed E-state index contributed by atoms with van der Waals surface area (Å²) < 4.78 is 5.44. The van der Waals surface area contributed by atoms with Crippen LogP contribution in [0.3, 0.4) is 0 Å². The van der Waals surface area contributed by atoms with Gasteiger partial charge in [0, 0.05) is 5.92 Å². The Kier molecular flexibility index (Phi) is 3.63. The van der Waals surface area contributed by atoms with E-state index in [-0.39, 0.29) is 11.8 Å². The number of hydrogen-bond donors (Lipinski definition) is 2. The van der Waals surface area contributed by atoms with Crippen molar-refractivity contribution in [1.82, 2.24) is 5.32 Å². The largest absolute Gasteiger partial charge is 0.453 e. The van der Waals surface area contributed by atoms with E-state index in [4.69, 9.17) is 4.74 Å². The van der Waals surface area contributed by atoms with E-state index in [1.54, 1.807) is 6.92 Å². The third-order valence-corrected chi connectivity index (χ3v) is 5.56. The molecule has 0 radical (unpaired) electrons. The van der Waals surface area contributed by atoms with Gasteiger partial charge < -0.3 is 15.2 Å². The summed E-state index contributed by atoms with van der Waals surface area (Å²) in [5.74, 6) is -1.19. The summed E-state index contributed by atoms with van der Waals surface area (Å²) in [7, 11) is 0. The molecule has 1 amide bonds. The molecule has 3 rings (SSSR count). The molecule has 0 aromatic carbocycles. The third-order valence-electron chi connectivity index (χ3n) is 5.56. The van der Waals surface area contributed by atoms with E-state index < -0.39 is 29.1 Å². The lowest BCUT2D eigenvalue weighted by atomic mass is 9.47. The van der Waals surface area contributed by atoms with Crippen LogP contribution in [0.1, 0.15) is 26.2 Å². The van der Waals surface area contributed by atoms with Crippen LogP contribution < -0.4 is 5.32 Å². The van der Waals surface area contributed by atoms with Gasteiger partial charge in [0.25, 0.3) is 0 Å². The Morgan fingerprint density at radius 1 is 1.50 bits per heavy atom. The average Bonchev–Trinajstić information content (AvgIpc) is 2.65. The van der Waals surface area contributed by atoms with Crippen LogP contribution in [-0.2, 0) is 14.3 Å². The number of ether oxygens (including phenoxy) is 1.